The highest BCUT2D eigenvalue weighted by molar-refractivity contribution is 6.33. The molecule has 24 heavy (non-hydrogen) atoms. The molecular weight excluding hydrogens is 326 g/mol. The number of benzene rings is 2. The number of anilines is 1. The molecule has 0 aliphatic heterocycles. The molecule has 1 heterocycles. The van der Waals surface area contributed by atoms with Gasteiger partial charge in [-0.1, -0.05) is 54.1 Å². The van der Waals surface area contributed by atoms with Crippen LogP contribution in [0.4, 0.5) is 10.5 Å². The fourth-order valence-corrected chi connectivity index (χ4v) is 2.65. The summed E-state index contributed by atoms with van der Waals surface area (Å²) in [7, 11) is 0. The molecule has 2 amide bonds. The van der Waals surface area contributed by atoms with Crippen LogP contribution in [0.5, 0.6) is 0 Å². The minimum atomic E-state index is -0.810. The van der Waals surface area contributed by atoms with Gasteiger partial charge in [-0.05, 0) is 22.4 Å². The number of fused-ring (bicyclic) bond motifs is 1. The number of hydrogen-bond acceptors (Lipinski definition) is 3. The van der Waals surface area contributed by atoms with E-state index in [0.717, 1.165) is 16.3 Å². The number of rotatable bonds is 4. The Morgan fingerprint density at radius 2 is 1.96 bits per heavy atom. The van der Waals surface area contributed by atoms with Crippen LogP contribution < -0.4 is 10.6 Å². The van der Waals surface area contributed by atoms with E-state index in [4.69, 9.17) is 11.6 Å². The number of carbonyl (C=O) groups excluding carboxylic acids is 1. The van der Waals surface area contributed by atoms with Gasteiger partial charge < -0.3 is 15.7 Å². The van der Waals surface area contributed by atoms with Crippen molar-refractivity contribution in [3.05, 3.63) is 71.5 Å². The van der Waals surface area contributed by atoms with Crippen LogP contribution >= 0.6 is 11.6 Å². The maximum atomic E-state index is 12.0. The molecular formula is C18H16ClN3O2. The van der Waals surface area contributed by atoms with E-state index in [9.17, 15) is 9.90 Å². The van der Waals surface area contributed by atoms with Crippen molar-refractivity contribution >= 4 is 34.1 Å². The average molecular weight is 342 g/mol. The van der Waals surface area contributed by atoms with Gasteiger partial charge >= 0.3 is 6.03 Å². The van der Waals surface area contributed by atoms with E-state index in [1.165, 1.54) is 12.4 Å². The second-order valence-electron chi connectivity index (χ2n) is 5.27. The lowest BCUT2D eigenvalue weighted by Crippen LogP contribution is -2.32. The van der Waals surface area contributed by atoms with E-state index >= 15 is 0 Å². The van der Waals surface area contributed by atoms with Gasteiger partial charge in [0.2, 0.25) is 0 Å². The van der Waals surface area contributed by atoms with Gasteiger partial charge in [0.15, 0.2) is 0 Å². The number of nitrogens with zero attached hydrogens (tertiary/aromatic N) is 1. The number of aliphatic hydroxyl groups is 1. The molecule has 1 unspecified atom stereocenters. The van der Waals surface area contributed by atoms with Crippen LogP contribution in [-0.2, 0) is 0 Å². The lowest BCUT2D eigenvalue weighted by molar-refractivity contribution is 0.176. The minimum Gasteiger partial charge on any atom is -0.387 e. The van der Waals surface area contributed by atoms with Crippen LogP contribution in [-0.4, -0.2) is 22.7 Å². The third kappa shape index (κ3) is 3.64. The number of carbonyl (C=O) groups is 1. The van der Waals surface area contributed by atoms with E-state index < -0.39 is 12.1 Å². The largest absolute Gasteiger partial charge is 0.387 e. The first-order valence-electron chi connectivity index (χ1n) is 7.45. The smallest absolute Gasteiger partial charge is 0.319 e. The van der Waals surface area contributed by atoms with Gasteiger partial charge in [-0.25, -0.2) is 4.79 Å². The number of halogens is 1. The molecule has 0 saturated carbocycles. The summed E-state index contributed by atoms with van der Waals surface area (Å²) in [4.78, 5) is 15.8. The van der Waals surface area contributed by atoms with E-state index in [1.54, 1.807) is 6.07 Å². The summed E-state index contributed by atoms with van der Waals surface area (Å²) in [6.07, 6.45) is 2.17. The maximum Gasteiger partial charge on any atom is 0.319 e. The molecule has 122 valence electrons. The predicted molar refractivity (Wildman–Crippen MR) is 95.2 cm³/mol. The molecule has 0 fully saturated rings. The Hall–Kier alpha value is -2.63. The molecule has 0 aliphatic carbocycles. The van der Waals surface area contributed by atoms with Gasteiger partial charge in [0.25, 0.3) is 0 Å². The van der Waals surface area contributed by atoms with Gasteiger partial charge in [-0.15, -0.1) is 0 Å². The first-order chi connectivity index (χ1) is 11.6. The number of amides is 2. The van der Waals surface area contributed by atoms with E-state index in [2.05, 4.69) is 15.6 Å². The van der Waals surface area contributed by atoms with Crippen LogP contribution in [0.2, 0.25) is 5.02 Å². The van der Waals surface area contributed by atoms with Gasteiger partial charge in [0.1, 0.15) is 0 Å². The lowest BCUT2D eigenvalue weighted by Gasteiger charge is -2.15. The molecule has 3 N–H and O–H groups in total. The molecule has 0 bridgehead atoms. The average Bonchev–Trinajstić information content (AvgIpc) is 2.61. The Morgan fingerprint density at radius 1 is 1.17 bits per heavy atom. The Kier molecular flexibility index (Phi) is 4.93. The number of hydrogen-bond donors (Lipinski definition) is 3. The monoisotopic (exact) mass is 341 g/mol. The summed E-state index contributed by atoms with van der Waals surface area (Å²) in [5.41, 5.74) is 1.24. The van der Waals surface area contributed by atoms with Crippen molar-refractivity contribution < 1.29 is 9.90 Å². The SMILES string of the molecule is O=C(NCC(O)c1cccc2ccccc12)Nc1ccncc1Cl. The lowest BCUT2D eigenvalue weighted by atomic mass is 10.0. The summed E-state index contributed by atoms with van der Waals surface area (Å²) in [5, 5.41) is 18.0. The topological polar surface area (TPSA) is 74.2 Å². The Balaban J connectivity index is 1.65. The van der Waals surface area contributed by atoms with Crippen LogP contribution in [0.25, 0.3) is 10.8 Å². The molecule has 0 saturated heterocycles. The van der Waals surface area contributed by atoms with Crippen molar-refractivity contribution in [3.63, 3.8) is 0 Å². The van der Waals surface area contributed by atoms with Gasteiger partial charge in [0, 0.05) is 18.9 Å². The summed E-state index contributed by atoms with van der Waals surface area (Å²) >= 11 is 5.94. The molecule has 3 rings (SSSR count). The second-order valence-corrected chi connectivity index (χ2v) is 5.68. The summed E-state index contributed by atoms with van der Waals surface area (Å²) < 4.78 is 0. The molecule has 0 spiro atoms. The number of aromatic nitrogens is 1. The van der Waals surface area contributed by atoms with Crippen molar-refractivity contribution in [1.29, 1.82) is 0 Å². The molecule has 0 aliphatic rings. The number of urea groups is 1. The third-order valence-electron chi connectivity index (χ3n) is 3.66. The van der Waals surface area contributed by atoms with E-state index in [1.807, 2.05) is 42.5 Å². The molecule has 1 atom stereocenters. The number of pyridine rings is 1. The van der Waals surface area contributed by atoms with Crippen molar-refractivity contribution in [2.24, 2.45) is 0 Å². The first kappa shape index (κ1) is 16.2. The van der Waals surface area contributed by atoms with Crippen LogP contribution in [0.3, 0.4) is 0 Å². The fourth-order valence-electron chi connectivity index (χ4n) is 2.48. The first-order valence-corrected chi connectivity index (χ1v) is 7.83. The highest BCUT2D eigenvalue weighted by atomic mass is 35.5. The van der Waals surface area contributed by atoms with Gasteiger partial charge in [0.05, 0.1) is 16.8 Å². The standard InChI is InChI=1S/C18H16ClN3O2/c19-15-10-20-9-8-16(15)22-18(24)21-11-17(23)14-7-3-5-12-4-1-2-6-13(12)14/h1-10,17,23H,11H2,(H2,20,21,22,24). The quantitative estimate of drug-likeness (QED) is 0.676. The molecule has 3 aromatic rings. The third-order valence-corrected chi connectivity index (χ3v) is 3.96. The number of nitrogens with one attached hydrogen (secondary N) is 2. The second kappa shape index (κ2) is 7.29. The van der Waals surface area contributed by atoms with E-state index in [0.29, 0.717) is 10.7 Å². The van der Waals surface area contributed by atoms with Crippen LogP contribution in [0.15, 0.2) is 60.9 Å². The Morgan fingerprint density at radius 3 is 2.79 bits per heavy atom. The Labute approximate surface area is 144 Å². The molecule has 0 radical (unpaired) electrons. The van der Waals surface area contributed by atoms with E-state index in [-0.39, 0.29) is 6.54 Å². The number of aliphatic hydroxyl groups excluding tert-OH is 1. The highest BCUT2D eigenvalue weighted by Gasteiger charge is 2.13. The van der Waals surface area contributed by atoms with Crippen molar-refractivity contribution in [1.82, 2.24) is 10.3 Å². The highest BCUT2D eigenvalue weighted by Crippen LogP contribution is 2.24. The van der Waals surface area contributed by atoms with Crippen LogP contribution in [0.1, 0.15) is 11.7 Å². The van der Waals surface area contributed by atoms with Crippen LogP contribution in [0, 0.1) is 0 Å². The minimum absolute atomic E-state index is 0.0859. The zero-order valence-corrected chi connectivity index (χ0v) is 13.5. The molecule has 6 heteroatoms. The normalized spacial score (nSPS) is 11.9. The predicted octanol–water partition coefficient (Wildman–Crippen LogP) is 3.74. The van der Waals surface area contributed by atoms with Crippen molar-refractivity contribution in [3.8, 4) is 0 Å². The maximum absolute atomic E-state index is 12.0. The van der Waals surface area contributed by atoms with Gasteiger partial charge in [-0.2, -0.15) is 0 Å². The van der Waals surface area contributed by atoms with Gasteiger partial charge in [-0.3, -0.25) is 4.98 Å². The zero-order valence-electron chi connectivity index (χ0n) is 12.7. The van der Waals surface area contributed by atoms with Crippen molar-refractivity contribution in [2.75, 3.05) is 11.9 Å². The Bertz CT molecular complexity index is 864. The molecule has 1 aromatic heterocycles. The molecule has 5 nitrogen and oxygen atoms in total. The van der Waals surface area contributed by atoms with Crippen molar-refractivity contribution in [2.45, 2.75) is 6.10 Å². The summed E-state index contributed by atoms with van der Waals surface area (Å²) in [5.74, 6) is 0. The summed E-state index contributed by atoms with van der Waals surface area (Å²) in [6, 6.07) is 14.7. The summed E-state index contributed by atoms with van der Waals surface area (Å²) in [6.45, 7) is 0.0859. The zero-order chi connectivity index (χ0) is 16.9. The molecule has 2 aromatic carbocycles. The fraction of sp³-hybridized carbons (Fsp3) is 0.111.